The second kappa shape index (κ2) is 9.59. The van der Waals surface area contributed by atoms with Crippen molar-refractivity contribution in [3.8, 4) is 23.0 Å². The van der Waals surface area contributed by atoms with Crippen molar-refractivity contribution in [2.24, 2.45) is 0 Å². The van der Waals surface area contributed by atoms with Crippen molar-refractivity contribution in [2.75, 3.05) is 5.32 Å². The summed E-state index contributed by atoms with van der Waals surface area (Å²) < 4.78 is 13.0. The quantitative estimate of drug-likeness (QED) is 0.279. The molecular formula is C31H27Cl2NO3. The molecule has 188 valence electrons. The van der Waals surface area contributed by atoms with E-state index in [0.29, 0.717) is 27.2 Å². The lowest BCUT2D eigenvalue weighted by atomic mass is 9.79. The van der Waals surface area contributed by atoms with Crippen LogP contribution in [0.1, 0.15) is 47.6 Å². The Balaban J connectivity index is 1.48. The van der Waals surface area contributed by atoms with Crippen LogP contribution in [0.3, 0.4) is 0 Å². The lowest BCUT2D eigenvalue weighted by Crippen LogP contribution is -2.11. The molecule has 2 aliphatic carbocycles. The van der Waals surface area contributed by atoms with Gasteiger partial charge in [0.25, 0.3) is 0 Å². The smallest absolute Gasteiger partial charge is 0.221 e. The Morgan fingerprint density at radius 3 is 1.84 bits per heavy atom. The molecule has 37 heavy (non-hydrogen) atoms. The number of hydrogen-bond acceptors (Lipinski definition) is 3. The van der Waals surface area contributed by atoms with Gasteiger partial charge in [-0.2, -0.15) is 0 Å². The summed E-state index contributed by atoms with van der Waals surface area (Å²) in [7, 11) is 0. The molecule has 2 aliphatic rings. The van der Waals surface area contributed by atoms with Gasteiger partial charge in [0.05, 0.1) is 10.0 Å². The number of hydrogen-bond donors (Lipinski definition) is 1. The number of carbonyl (C=O) groups excluding carboxylic acids is 1. The highest BCUT2D eigenvalue weighted by atomic mass is 35.5. The number of ether oxygens (including phenoxy) is 2. The molecule has 4 aromatic rings. The highest BCUT2D eigenvalue weighted by molar-refractivity contribution is 6.32. The molecule has 0 bridgehead atoms. The summed E-state index contributed by atoms with van der Waals surface area (Å²) >= 11 is 13.0. The molecule has 6 heteroatoms. The Labute approximate surface area is 226 Å². The van der Waals surface area contributed by atoms with E-state index < -0.39 is 0 Å². The van der Waals surface area contributed by atoms with Gasteiger partial charge >= 0.3 is 0 Å². The maximum absolute atomic E-state index is 11.6. The number of carbonyl (C=O) groups is 1. The number of anilines is 1. The summed E-state index contributed by atoms with van der Waals surface area (Å²) in [6, 6.07) is 15.6. The fraction of sp³-hybridized carbons (Fsp3) is 0.258. The van der Waals surface area contributed by atoms with Crippen LogP contribution in [0.4, 0.5) is 5.69 Å². The molecule has 4 aromatic carbocycles. The minimum Gasteiger partial charge on any atom is -0.455 e. The molecule has 0 radical (unpaired) electrons. The van der Waals surface area contributed by atoms with Crippen molar-refractivity contribution in [2.45, 2.75) is 52.4 Å². The summed E-state index contributed by atoms with van der Waals surface area (Å²) in [6.45, 7) is 3.53. The van der Waals surface area contributed by atoms with Crippen molar-refractivity contribution in [3.63, 3.8) is 0 Å². The van der Waals surface area contributed by atoms with Gasteiger partial charge in [-0.05, 0) is 109 Å². The molecule has 0 heterocycles. The molecule has 1 amide bonds. The highest BCUT2D eigenvalue weighted by Crippen LogP contribution is 2.48. The van der Waals surface area contributed by atoms with Gasteiger partial charge in [0.15, 0.2) is 0 Å². The van der Waals surface area contributed by atoms with E-state index in [9.17, 15) is 4.79 Å². The topological polar surface area (TPSA) is 47.6 Å². The van der Waals surface area contributed by atoms with E-state index >= 15 is 0 Å². The molecule has 0 saturated carbocycles. The lowest BCUT2D eigenvalue weighted by molar-refractivity contribution is -0.114. The second-order valence-electron chi connectivity index (χ2n) is 9.95. The SMILES string of the molecule is CC(=O)Nc1ccc(Cl)c(Oc2cc3c4c(c(Oc5cc(C)ccc5Cl)cc5c4c2CCC5)CCC3)c1. The van der Waals surface area contributed by atoms with Crippen molar-refractivity contribution < 1.29 is 14.3 Å². The van der Waals surface area contributed by atoms with Crippen molar-refractivity contribution >= 4 is 45.6 Å². The molecular weight excluding hydrogens is 505 g/mol. The van der Waals surface area contributed by atoms with Crippen molar-refractivity contribution in [1.29, 1.82) is 0 Å². The first-order chi connectivity index (χ1) is 17.9. The van der Waals surface area contributed by atoms with Gasteiger partial charge in [0.1, 0.15) is 23.0 Å². The summed E-state index contributed by atoms with van der Waals surface area (Å²) in [6.07, 6.45) is 5.94. The first-order valence-electron chi connectivity index (χ1n) is 12.7. The number of rotatable bonds is 5. The van der Waals surface area contributed by atoms with E-state index in [1.165, 1.54) is 39.9 Å². The van der Waals surface area contributed by atoms with Crippen LogP contribution in [0, 0.1) is 6.92 Å². The monoisotopic (exact) mass is 531 g/mol. The maximum Gasteiger partial charge on any atom is 0.221 e. The fourth-order valence-electron chi connectivity index (χ4n) is 5.66. The zero-order valence-electron chi connectivity index (χ0n) is 20.8. The van der Waals surface area contributed by atoms with Gasteiger partial charge < -0.3 is 14.8 Å². The number of nitrogens with one attached hydrogen (secondary N) is 1. The molecule has 0 unspecified atom stereocenters. The molecule has 4 nitrogen and oxygen atoms in total. The Morgan fingerprint density at radius 2 is 1.27 bits per heavy atom. The Kier molecular flexibility index (Phi) is 6.26. The summed E-state index contributed by atoms with van der Waals surface area (Å²) in [5.74, 6) is 2.84. The summed E-state index contributed by atoms with van der Waals surface area (Å²) in [5.41, 5.74) is 6.78. The largest absolute Gasteiger partial charge is 0.455 e. The number of halogens is 2. The van der Waals surface area contributed by atoms with Gasteiger partial charge in [0, 0.05) is 29.8 Å². The molecule has 1 N–H and O–H groups in total. The first-order valence-corrected chi connectivity index (χ1v) is 13.4. The third-order valence-electron chi connectivity index (χ3n) is 7.23. The van der Waals surface area contributed by atoms with Crippen molar-refractivity contribution in [3.05, 3.63) is 86.4 Å². The zero-order chi connectivity index (χ0) is 25.7. The average Bonchev–Trinajstić information content (AvgIpc) is 2.87. The summed E-state index contributed by atoms with van der Waals surface area (Å²) in [4.78, 5) is 11.6. The molecule has 0 aliphatic heterocycles. The standard InChI is InChI=1S/C31H27Cl2NO3/c1-17-9-11-24(32)28(13-17)36-26-14-19-5-4-8-23-27(15-20-6-3-7-22(26)30(20)31(19)23)37-29-16-21(34-18(2)35)10-12-25(29)33/h9-16H,3-8H2,1-2H3,(H,34,35). The zero-order valence-corrected chi connectivity index (χ0v) is 22.4. The van der Waals surface area contributed by atoms with Gasteiger partial charge in [0.2, 0.25) is 5.91 Å². The van der Waals surface area contributed by atoms with Crippen LogP contribution >= 0.6 is 23.2 Å². The highest BCUT2D eigenvalue weighted by Gasteiger charge is 2.27. The first kappa shape index (κ1) is 24.1. The molecule has 0 fully saturated rings. The number of amides is 1. The van der Waals surface area contributed by atoms with Gasteiger partial charge in [-0.25, -0.2) is 0 Å². The average molecular weight is 532 g/mol. The van der Waals surface area contributed by atoms with E-state index in [0.717, 1.165) is 55.6 Å². The molecule has 6 rings (SSSR count). The Hall–Kier alpha value is -3.21. The Bertz CT molecular complexity index is 1580. The van der Waals surface area contributed by atoms with E-state index in [1.807, 2.05) is 25.1 Å². The molecule has 0 atom stereocenters. The molecule has 0 aromatic heterocycles. The number of benzene rings is 4. The van der Waals surface area contributed by atoms with Gasteiger partial charge in [-0.3, -0.25) is 4.79 Å². The van der Waals surface area contributed by atoms with Gasteiger partial charge in [-0.1, -0.05) is 29.3 Å². The van der Waals surface area contributed by atoms with E-state index in [-0.39, 0.29) is 5.91 Å². The lowest BCUT2D eigenvalue weighted by Gasteiger charge is -2.28. The van der Waals surface area contributed by atoms with Crippen LogP contribution in [-0.4, -0.2) is 5.91 Å². The third-order valence-corrected chi connectivity index (χ3v) is 7.85. The van der Waals surface area contributed by atoms with E-state index in [2.05, 4.69) is 17.4 Å². The number of aryl methyl sites for hydroxylation is 5. The maximum atomic E-state index is 11.6. The van der Waals surface area contributed by atoms with Crippen LogP contribution in [0.15, 0.2) is 48.5 Å². The van der Waals surface area contributed by atoms with E-state index in [1.54, 1.807) is 18.2 Å². The minimum atomic E-state index is -0.138. The predicted molar refractivity (Wildman–Crippen MR) is 150 cm³/mol. The molecule has 0 saturated heterocycles. The second-order valence-corrected chi connectivity index (χ2v) is 10.8. The van der Waals surface area contributed by atoms with Crippen LogP contribution in [-0.2, 0) is 30.5 Å². The molecule has 0 spiro atoms. The van der Waals surface area contributed by atoms with Gasteiger partial charge in [-0.15, -0.1) is 0 Å². The van der Waals surface area contributed by atoms with Crippen molar-refractivity contribution in [1.82, 2.24) is 0 Å². The third kappa shape index (κ3) is 4.54. The van der Waals surface area contributed by atoms with Crippen LogP contribution in [0.25, 0.3) is 10.8 Å². The van der Waals surface area contributed by atoms with Crippen LogP contribution in [0.5, 0.6) is 23.0 Å². The predicted octanol–water partition coefficient (Wildman–Crippen LogP) is 8.98. The van der Waals surface area contributed by atoms with E-state index in [4.69, 9.17) is 32.7 Å². The Morgan fingerprint density at radius 1 is 0.730 bits per heavy atom. The normalized spacial score (nSPS) is 13.9. The summed E-state index contributed by atoms with van der Waals surface area (Å²) in [5, 5.41) is 6.53. The minimum absolute atomic E-state index is 0.138. The van der Waals surface area contributed by atoms with Crippen LogP contribution in [0.2, 0.25) is 10.0 Å². The fourth-order valence-corrected chi connectivity index (χ4v) is 5.98. The van der Waals surface area contributed by atoms with Crippen LogP contribution < -0.4 is 14.8 Å².